The third-order valence-corrected chi connectivity index (χ3v) is 9.29. The molecule has 0 heterocycles. The van der Waals surface area contributed by atoms with E-state index in [9.17, 15) is 39.2 Å². The molecule has 1 fully saturated rings. The van der Waals surface area contributed by atoms with Gasteiger partial charge in [0.1, 0.15) is 5.82 Å². The summed E-state index contributed by atoms with van der Waals surface area (Å²) in [6.07, 6.45) is -10.2. The summed E-state index contributed by atoms with van der Waals surface area (Å²) >= 11 is 0. The molecule has 0 aliphatic heterocycles. The first-order valence-electron chi connectivity index (χ1n) is 12.4. The lowest BCUT2D eigenvalue weighted by Crippen LogP contribution is -2.55. The minimum Gasteiger partial charge on any atom is -0.382 e. The Morgan fingerprint density at radius 2 is 1.30 bits per heavy atom. The van der Waals surface area contributed by atoms with Gasteiger partial charge in [-0.3, -0.25) is 0 Å². The lowest BCUT2D eigenvalue weighted by Gasteiger charge is -2.37. The summed E-state index contributed by atoms with van der Waals surface area (Å²) in [6.45, 7) is -0.913. The lowest BCUT2D eigenvalue weighted by molar-refractivity contribution is -0.392. The van der Waals surface area contributed by atoms with Crippen LogP contribution < -0.4 is 5.32 Å². The fourth-order valence-corrected chi connectivity index (χ4v) is 6.67. The van der Waals surface area contributed by atoms with Crippen LogP contribution in [0.4, 0.5) is 36.4 Å². The standard InChI is InChI=1S/C28H26F7NO3S/c29-21-8-14-24(15-9-21)40(37,38)25-16-12-23(13-17-25)36-22-10-6-20(7-11-22)26(27(30,31)32,28(33,34)35)39-18-19-4-2-1-3-5-19/h1-11,14-15,23,25,36H,12-13,16-18H2. The molecule has 0 atom stereocenters. The number of hydrogen-bond donors (Lipinski definition) is 1. The first kappa shape index (κ1) is 29.9. The molecule has 0 radical (unpaired) electrons. The number of halogens is 7. The van der Waals surface area contributed by atoms with E-state index in [0.29, 0.717) is 12.8 Å². The molecule has 1 saturated carbocycles. The van der Waals surface area contributed by atoms with E-state index < -0.39 is 51.0 Å². The molecule has 4 nitrogen and oxygen atoms in total. The van der Waals surface area contributed by atoms with E-state index in [1.165, 1.54) is 36.4 Å². The van der Waals surface area contributed by atoms with Crippen molar-refractivity contribution in [1.29, 1.82) is 0 Å². The van der Waals surface area contributed by atoms with Gasteiger partial charge in [0.2, 0.25) is 0 Å². The predicted octanol–water partition coefficient (Wildman–Crippen LogP) is 7.56. The average molecular weight is 590 g/mol. The van der Waals surface area contributed by atoms with Gasteiger partial charge in [-0.05, 0) is 67.6 Å². The van der Waals surface area contributed by atoms with Crippen molar-refractivity contribution in [2.24, 2.45) is 0 Å². The van der Waals surface area contributed by atoms with Gasteiger partial charge in [-0.15, -0.1) is 0 Å². The first-order chi connectivity index (χ1) is 18.7. The van der Waals surface area contributed by atoms with Gasteiger partial charge in [0.25, 0.3) is 5.60 Å². The van der Waals surface area contributed by atoms with E-state index in [0.717, 1.165) is 36.4 Å². The zero-order chi connectivity index (χ0) is 29.2. The van der Waals surface area contributed by atoms with Gasteiger partial charge >= 0.3 is 12.4 Å². The molecule has 1 N–H and O–H groups in total. The van der Waals surface area contributed by atoms with E-state index in [-0.39, 0.29) is 35.0 Å². The molecule has 12 heteroatoms. The van der Waals surface area contributed by atoms with Crippen molar-refractivity contribution in [3.8, 4) is 0 Å². The molecule has 0 saturated heterocycles. The van der Waals surface area contributed by atoms with Gasteiger partial charge in [0, 0.05) is 17.3 Å². The van der Waals surface area contributed by atoms with Crippen LogP contribution in [0, 0.1) is 5.82 Å². The number of sulfone groups is 1. The SMILES string of the molecule is O=S(=O)(c1ccc(F)cc1)C1CCC(Nc2ccc(C(OCc3ccccc3)(C(F)(F)F)C(F)(F)F)cc2)CC1. The number of ether oxygens (including phenoxy) is 1. The fourth-order valence-electron chi connectivity index (χ4n) is 4.87. The van der Waals surface area contributed by atoms with Crippen LogP contribution >= 0.6 is 0 Å². The molecule has 0 spiro atoms. The molecule has 4 rings (SSSR count). The zero-order valence-electron chi connectivity index (χ0n) is 21.0. The maximum Gasteiger partial charge on any atom is 0.430 e. The Morgan fingerprint density at radius 3 is 1.82 bits per heavy atom. The van der Waals surface area contributed by atoms with Crippen LogP contribution in [-0.2, 0) is 26.8 Å². The maximum atomic E-state index is 14.1. The van der Waals surface area contributed by atoms with Gasteiger partial charge in [0.15, 0.2) is 9.84 Å². The van der Waals surface area contributed by atoms with Crippen molar-refractivity contribution in [2.45, 2.75) is 66.4 Å². The number of alkyl halides is 6. The Morgan fingerprint density at radius 1 is 0.750 bits per heavy atom. The molecule has 40 heavy (non-hydrogen) atoms. The summed E-state index contributed by atoms with van der Waals surface area (Å²) in [7, 11) is -3.67. The van der Waals surface area contributed by atoms with Crippen LogP contribution in [-0.4, -0.2) is 32.1 Å². The number of nitrogens with one attached hydrogen (secondary N) is 1. The molecule has 0 aromatic heterocycles. The van der Waals surface area contributed by atoms with Crippen LogP contribution in [0.5, 0.6) is 0 Å². The Labute approximate surface area is 227 Å². The Kier molecular flexibility index (Phi) is 8.51. The second kappa shape index (κ2) is 11.4. The number of anilines is 1. The Balaban J connectivity index is 1.47. The Hall–Kier alpha value is -3.12. The third-order valence-electron chi connectivity index (χ3n) is 7.01. The summed E-state index contributed by atoms with van der Waals surface area (Å²) in [6, 6.07) is 15.3. The third kappa shape index (κ3) is 6.12. The van der Waals surface area contributed by atoms with Gasteiger partial charge in [-0.1, -0.05) is 42.5 Å². The second-order valence-electron chi connectivity index (χ2n) is 9.65. The van der Waals surface area contributed by atoms with Gasteiger partial charge < -0.3 is 10.1 Å². The van der Waals surface area contributed by atoms with Crippen LogP contribution in [0.1, 0.15) is 36.8 Å². The first-order valence-corrected chi connectivity index (χ1v) is 14.0. The van der Waals surface area contributed by atoms with Crippen molar-refractivity contribution in [1.82, 2.24) is 0 Å². The molecule has 216 valence electrons. The van der Waals surface area contributed by atoms with Crippen molar-refractivity contribution < 1.29 is 43.9 Å². The van der Waals surface area contributed by atoms with E-state index in [2.05, 4.69) is 10.1 Å². The van der Waals surface area contributed by atoms with Gasteiger partial charge in [0.05, 0.1) is 16.8 Å². The van der Waals surface area contributed by atoms with Crippen molar-refractivity contribution in [3.05, 3.63) is 95.8 Å². The predicted molar refractivity (Wildman–Crippen MR) is 135 cm³/mol. The highest BCUT2D eigenvalue weighted by molar-refractivity contribution is 7.92. The minimum atomic E-state index is -5.80. The largest absolute Gasteiger partial charge is 0.430 e. The summed E-state index contributed by atoms with van der Waals surface area (Å²) in [5, 5.41) is 2.39. The van der Waals surface area contributed by atoms with Crippen molar-refractivity contribution in [3.63, 3.8) is 0 Å². The molecular formula is C28H26F7NO3S. The second-order valence-corrected chi connectivity index (χ2v) is 11.9. The summed E-state index contributed by atoms with van der Waals surface area (Å²) < 4.78 is 128. The molecule has 3 aromatic rings. The topological polar surface area (TPSA) is 55.4 Å². The summed E-state index contributed by atoms with van der Waals surface area (Å²) in [5.41, 5.74) is -5.21. The molecule has 1 aliphatic carbocycles. The van der Waals surface area contributed by atoms with E-state index >= 15 is 0 Å². The normalized spacial score (nSPS) is 18.9. The molecule has 0 amide bonds. The van der Waals surface area contributed by atoms with E-state index in [4.69, 9.17) is 0 Å². The smallest absolute Gasteiger partial charge is 0.382 e. The highest BCUT2D eigenvalue weighted by Gasteiger charge is 2.73. The number of hydrogen-bond acceptors (Lipinski definition) is 4. The van der Waals surface area contributed by atoms with Crippen LogP contribution in [0.15, 0.2) is 83.8 Å². The molecule has 3 aromatic carbocycles. The van der Waals surface area contributed by atoms with Crippen LogP contribution in [0.2, 0.25) is 0 Å². The summed E-state index contributed by atoms with van der Waals surface area (Å²) in [5.74, 6) is -0.552. The summed E-state index contributed by atoms with van der Waals surface area (Å²) in [4.78, 5) is 0.0215. The fraction of sp³-hybridized carbons (Fsp3) is 0.357. The monoisotopic (exact) mass is 589 g/mol. The van der Waals surface area contributed by atoms with Gasteiger partial charge in [-0.2, -0.15) is 26.3 Å². The maximum absolute atomic E-state index is 14.1. The quantitative estimate of drug-likeness (QED) is 0.218. The number of rotatable bonds is 8. The molecule has 0 bridgehead atoms. The molecule has 1 aliphatic rings. The van der Waals surface area contributed by atoms with Crippen LogP contribution in [0.3, 0.4) is 0 Å². The highest BCUT2D eigenvalue weighted by atomic mass is 32.2. The average Bonchev–Trinajstić information content (AvgIpc) is 2.89. The lowest BCUT2D eigenvalue weighted by atomic mass is 9.91. The highest BCUT2D eigenvalue weighted by Crippen LogP contribution is 2.53. The molecular weight excluding hydrogens is 563 g/mol. The van der Waals surface area contributed by atoms with Crippen LogP contribution in [0.25, 0.3) is 0 Å². The van der Waals surface area contributed by atoms with E-state index in [1.54, 1.807) is 6.07 Å². The number of benzene rings is 3. The van der Waals surface area contributed by atoms with Crippen molar-refractivity contribution in [2.75, 3.05) is 5.32 Å². The van der Waals surface area contributed by atoms with E-state index in [1.807, 2.05) is 0 Å². The minimum absolute atomic E-state index is 0.0215. The Bertz CT molecular complexity index is 1350. The van der Waals surface area contributed by atoms with Crippen molar-refractivity contribution >= 4 is 15.5 Å². The van der Waals surface area contributed by atoms with Gasteiger partial charge in [-0.25, -0.2) is 12.8 Å². The molecule has 0 unspecified atom stereocenters. The zero-order valence-corrected chi connectivity index (χ0v) is 21.8.